The van der Waals surface area contributed by atoms with Crippen LogP contribution in [0.25, 0.3) is 0 Å². The molecule has 1 unspecified atom stereocenters. The van der Waals surface area contributed by atoms with E-state index in [-0.39, 0.29) is 24.3 Å². The zero-order chi connectivity index (χ0) is 15.0. The van der Waals surface area contributed by atoms with E-state index in [1.165, 1.54) is 4.90 Å². The van der Waals surface area contributed by atoms with Crippen LogP contribution < -0.4 is 5.32 Å². The minimum Gasteiger partial charge on any atom is -0.372 e. The number of anilines is 1. The summed E-state index contributed by atoms with van der Waals surface area (Å²) in [5, 5.41) is 3.19. The highest BCUT2D eigenvalue weighted by Crippen LogP contribution is 2.31. The molecule has 1 N–H and O–H groups in total. The van der Waals surface area contributed by atoms with Crippen molar-refractivity contribution in [2.45, 2.75) is 44.2 Å². The van der Waals surface area contributed by atoms with Crippen molar-refractivity contribution >= 4 is 49.4 Å². The van der Waals surface area contributed by atoms with Crippen molar-refractivity contribution < 1.29 is 9.59 Å². The monoisotopic (exact) mass is 414 g/mol. The number of benzene rings is 1. The molecule has 1 aromatic rings. The molecule has 6 heteroatoms. The lowest BCUT2D eigenvalue weighted by atomic mass is 10.2. The normalized spacial score (nSPS) is 23.1. The Kier molecular flexibility index (Phi) is 4.36. The van der Waals surface area contributed by atoms with Crippen molar-refractivity contribution in [1.29, 1.82) is 0 Å². The van der Waals surface area contributed by atoms with Gasteiger partial charge in [-0.05, 0) is 47.0 Å². The summed E-state index contributed by atoms with van der Waals surface area (Å²) in [4.78, 5) is 26.2. The molecule has 112 valence electrons. The van der Waals surface area contributed by atoms with Gasteiger partial charge in [0.05, 0.1) is 12.1 Å². The highest BCUT2D eigenvalue weighted by atomic mass is 79.9. The van der Waals surface area contributed by atoms with Gasteiger partial charge in [-0.25, -0.2) is 0 Å². The maximum absolute atomic E-state index is 12.5. The lowest BCUT2D eigenvalue weighted by Crippen LogP contribution is -2.41. The molecule has 0 aromatic heterocycles. The van der Waals surface area contributed by atoms with Gasteiger partial charge in [-0.15, -0.1) is 0 Å². The first kappa shape index (κ1) is 15.0. The van der Waals surface area contributed by atoms with Crippen LogP contribution in [0.3, 0.4) is 0 Å². The van der Waals surface area contributed by atoms with Crippen LogP contribution in [0.15, 0.2) is 27.1 Å². The van der Waals surface area contributed by atoms with Gasteiger partial charge in [0.15, 0.2) is 0 Å². The van der Waals surface area contributed by atoms with Gasteiger partial charge in [-0.1, -0.05) is 28.8 Å². The van der Waals surface area contributed by atoms with Crippen molar-refractivity contribution in [2.24, 2.45) is 0 Å². The fourth-order valence-corrected chi connectivity index (χ4v) is 3.83. The first-order valence-corrected chi connectivity index (χ1v) is 8.72. The summed E-state index contributed by atoms with van der Waals surface area (Å²) in [6.07, 6.45) is 4.36. The largest absolute Gasteiger partial charge is 0.372 e. The minimum absolute atomic E-state index is 0.0458. The minimum atomic E-state index is -0.455. The van der Waals surface area contributed by atoms with Crippen LogP contribution >= 0.6 is 31.9 Å². The second-order valence-electron chi connectivity index (χ2n) is 5.57. The van der Waals surface area contributed by atoms with E-state index < -0.39 is 6.04 Å². The Hall–Kier alpha value is -0.880. The van der Waals surface area contributed by atoms with Gasteiger partial charge in [0.1, 0.15) is 6.04 Å². The Morgan fingerprint density at radius 1 is 1.14 bits per heavy atom. The number of amides is 2. The lowest BCUT2D eigenvalue weighted by Gasteiger charge is -2.22. The Balaban J connectivity index is 1.76. The summed E-state index contributed by atoms with van der Waals surface area (Å²) in [5.41, 5.74) is 0.823. The summed E-state index contributed by atoms with van der Waals surface area (Å²) in [5.74, 6) is -0.130. The number of carbonyl (C=O) groups excluding carboxylic acids is 2. The van der Waals surface area contributed by atoms with E-state index in [0.717, 1.165) is 40.3 Å². The maximum Gasteiger partial charge on any atom is 0.252 e. The van der Waals surface area contributed by atoms with Gasteiger partial charge in [0.25, 0.3) is 5.91 Å². The van der Waals surface area contributed by atoms with E-state index >= 15 is 0 Å². The number of nitrogens with one attached hydrogen (secondary N) is 1. The Morgan fingerprint density at radius 2 is 1.86 bits per heavy atom. The third-order valence-electron chi connectivity index (χ3n) is 4.13. The van der Waals surface area contributed by atoms with Crippen molar-refractivity contribution in [2.75, 3.05) is 5.32 Å². The number of rotatable bonds is 3. The molecule has 2 aliphatic rings. The molecule has 1 aliphatic heterocycles. The predicted molar refractivity (Wildman–Crippen MR) is 88.0 cm³/mol. The average Bonchev–Trinajstić information content (AvgIpc) is 3.03. The van der Waals surface area contributed by atoms with Crippen LogP contribution in [0.1, 0.15) is 32.1 Å². The van der Waals surface area contributed by atoms with Crippen molar-refractivity contribution in [3.63, 3.8) is 0 Å². The molecular formula is C15H16Br2N2O2. The van der Waals surface area contributed by atoms with Gasteiger partial charge in [0.2, 0.25) is 5.91 Å². The predicted octanol–water partition coefficient (Wildman–Crippen LogP) is 3.69. The van der Waals surface area contributed by atoms with Gasteiger partial charge in [0, 0.05) is 15.0 Å². The lowest BCUT2D eigenvalue weighted by molar-refractivity contribution is -0.141. The van der Waals surface area contributed by atoms with E-state index in [1.54, 1.807) is 0 Å². The van der Waals surface area contributed by atoms with E-state index in [4.69, 9.17) is 0 Å². The Bertz CT molecular complexity index is 585. The molecule has 1 aliphatic carbocycles. The SMILES string of the molecule is O=C1CC(Nc2cc(Br)ccc2Br)C(=O)N1C1CCCC1. The number of hydrogen-bond donors (Lipinski definition) is 1. The van der Waals surface area contributed by atoms with Crippen molar-refractivity contribution in [1.82, 2.24) is 4.90 Å². The van der Waals surface area contributed by atoms with Crippen LogP contribution in [0.4, 0.5) is 5.69 Å². The quantitative estimate of drug-likeness (QED) is 0.765. The van der Waals surface area contributed by atoms with Crippen LogP contribution in [0.2, 0.25) is 0 Å². The number of imide groups is 1. The molecule has 1 heterocycles. The second-order valence-corrected chi connectivity index (χ2v) is 7.34. The highest BCUT2D eigenvalue weighted by Gasteiger charge is 2.43. The smallest absolute Gasteiger partial charge is 0.252 e. The molecule has 0 spiro atoms. The molecule has 2 amide bonds. The van der Waals surface area contributed by atoms with E-state index in [1.807, 2.05) is 18.2 Å². The summed E-state index contributed by atoms with van der Waals surface area (Å²) < 4.78 is 1.81. The second kappa shape index (κ2) is 6.08. The fourth-order valence-electron chi connectivity index (χ4n) is 3.11. The maximum atomic E-state index is 12.5. The van der Waals surface area contributed by atoms with Crippen LogP contribution in [-0.4, -0.2) is 28.8 Å². The Morgan fingerprint density at radius 3 is 2.57 bits per heavy atom. The fraction of sp³-hybridized carbons (Fsp3) is 0.467. The average molecular weight is 416 g/mol. The molecule has 3 rings (SSSR count). The zero-order valence-corrected chi connectivity index (χ0v) is 14.6. The molecule has 4 nitrogen and oxygen atoms in total. The first-order valence-electron chi connectivity index (χ1n) is 7.14. The molecule has 0 radical (unpaired) electrons. The molecule has 1 atom stereocenters. The highest BCUT2D eigenvalue weighted by molar-refractivity contribution is 9.11. The molecular weight excluding hydrogens is 400 g/mol. The summed E-state index contributed by atoms with van der Waals surface area (Å²) in [6, 6.07) is 5.39. The molecule has 1 saturated heterocycles. The van der Waals surface area contributed by atoms with Gasteiger partial charge in [-0.2, -0.15) is 0 Å². The van der Waals surface area contributed by atoms with Crippen molar-refractivity contribution in [3.8, 4) is 0 Å². The van der Waals surface area contributed by atoms with Crippen LogP contribution in [0.5, 0.6) is 0 Å². The first-order chi connectivity index (χ1) is 10.1. The summed E-state index contributed by atoms with van der Waals surface area (Å²) in [7, 11) is 0. The third kappa shape index (κ3) is 3.01. The van der Waals surface area contributed by atoms with Crippen molar-refractivity contribution in [3.05, 3.63) is 27.1 Å². The topological polar surface area (TPSA) is 49.4 Å². The number of nitrogens with zero attached hydrogens (tertiary/aromatic N) is 1. The summed E-state index contributed by atoms with van der Waals surface area (Å²) in [6.45, 7) is 0. The molecule has 0 bridgehead atoms. The molecule has 1 aromatic carbocycles. The number of hydrogen-bond acceptors (Lipinski definition) is 3. The zero-order valence-electron chi connectivity index (χ0n) is 11.4. The van der Waals surface area contributed by atoms with E-state index in [9.17, 15) is 9.59 Å². The molecule has 1 saturated carbocycles. The van der Waals surface area contributed by atoms with E-state index in [0.29, 0.717) is 0 Å². The number of halogens is 2. The summed E-state index contributed by atoms with van der Waals surface area (Å²) >= 11 is 6.88. The standard InChI is InChI=1S/C15H16Br2N2O2/c16-9-5-6-11(17)12(7-9)18-13-8-14(20)19(15(13)21)10-3-1-2-4-10/h5-7,10,13,18H,1-4,8H2. The van der Waals surface area contributed by atoms with E-state index in [2.05, 4.69) is 37.2 Å². The number of carbonyl (C=O) groups is 2. The third-order valence-corrected chi connectivity index (χ3v) is 5.32. The van der Waals surface area contributed by atoms with Crippen LogP contribution in [-0.2, 0) is 9.59 Å². The van der Waals surface area contributed by atoms with Gasteiger partial charge < -0.3 is 5.32 Å². The molecule has 21 heavy (non-hydrogen) atoms. The Labute approximate surface area is 140 Å². The van der Waals surface area contributed by atoms with Gasteiger partial charge in [-0.3, -0.25) is 14.5 Å². The molecule has 2 fully saturated rings. The van der Waals surface area contributed by atoms with Gasteiger partial charge >= 0.3 is 0 Å². The number of likely N-dealkylation sites (tertiary alicyclic amines) is 1. The van der Waals surface area contributed by atoms with Crippen LogP contribution in [0, 0.1) is 0 Å².